The van der Waals surface area contributed by atoms with Gasteiger partial charge in [-0.2, -0.15) is 0 Å². The van der Waals surface area contributed by atoms with E-state index < -0.39 is 0 Å². The molecule has 0 atom stereocenters. The minimum Gasteiger partial charge on any atom is -0.455 e. The van der Waals surface area contributed by atoms with Gasteiger partial charge >= 0.3 is 0 Å². The lowest BCUT2D eigenvalue weighted by Crippen LogP contribution is -2.07. The van der Waals surface area contributed by atoms with E-state index in [1.807, 2.05) is 20.0 Å². The Kier molecular flexibility index (Phi) is 5.27. The van der Waals surface area contributed by atoms with Gasteiger partial charge in [-0.3, -0.25) is 4.98 Å². The Morgan fingerprint density at radius 1 is 1.20 bits per heavy atom. The van der Waals surface area contributed by atoms with Crippen molar-refractivity contribution in [3.8, 4) is 11.5 Å². The van der Waals surface area contributed by atoms with Crippen LogP contribution in [-0.4, -0.2) is 12.0 Å². The Morgan fingerprint density at radius 2 is 1.95 bits per heavy atom. The van der Waals surface area contributed by atoms with Gasteiger partial charge in [-0.15, -0.1) is 0 Å². The Labute approximate surface area is 136 Å². The van der Waals surface area contributed by atoms with E-state index in [0.717, 1.165) is 15.7 Å². The summed E-state index contributed by atoms with van der Waals surface area (Å²) in [6.07, 6.45) is 1.79. The normalized spacial score (nSPS) is 10.7. The molecule has 20 heavy (non-hydrogen) atoms. The van der Waals surface area contributed by atoms with Crippen molar-refractivity contribution in [1.82, 2.24) is 10.3 Å². The van der Waals surface area contributed by atoms with Crippen molar-refractivity contribution in [2.75, 3.05) is 7.05 Å². The first-order chi connectivity index (χ1) is 9.51. The highest BCUT2D eigenvalue weighted by Gasteiger charge is 2.11. The number of aromatic nitrogens is 1. The van der Waals surface area contributed by atoms with Gasteiger partial charge in [0.25, 0.3) is 0 Å². The zero-order valence-electron chi connectivity index (χ0n) is 11.0. The van der Waals surface area contributed by atoms with Crippen molar-refractivity contribution in [3.05, 3.63) is 50.2 Å². The lowest BCUT2D eigenvalue weighted by atomic mass is 10.2. The van der Waals surface area contributed by atoms with Crippen LogP contribution in [0.25, 0.3) is 0 Å². The van der Waals surface area contributed by atoms with Gasteiger partial charge in [0.15, 0.2) is 0 Å². The van der Waals surface area contributed by atoms with Crippen LogP contribution in [0, 0.1) is 6.92 Å². The predicted molar refractivity (Wildman–Crippen MR) is 86.0 cm³/mol. The number of pyridine rings is 1. The number of benzene rings is 1. The molecule has 1 N–H and O–H groups in total. The standard InChI is InChI=1S/C14H13BrCl2N2O/c1-8-3-13(9(6-18-2)7-19-8)20-14-5-11(16)10(15)4-12(14)17/h3-5,7,18H,6H2,1-2H3. The van der Waals surface area contributed by atoms with Crippen molar-refractivity contribution >= 4 is 39.1 Å². The summed E-state index contributed by atoms with van der Waals surface area (Å²) < 4.78 is 6.63. The molecule has 0 saturated heterocycles. The molecule has 0 spiro atoms. The van der Waals surface area contributed by atoms with Crippen molar-refractivity contribution < 1.29 is 4.74 Å². The first-order valence-electron chi connectivity index (χ1n) is 5.93. The molecule has 2 rings (SSSR count). The fourth-order valence-corrected chi connectivity index (χ4v) is 2.51. The van der Waals surface area contributed by atoms with E-state index in [-0.39, 0.29) is 0 Å². The van der Waals surface area contributed by atoms with E-state index >= 15 is 0 Å². The molecule has 0 saturated carbocycles. The van der Waals surface area contributed by atoms with Gasteiger partial charge in [-0.25, -0.2) is 0 Å². The van der Waals surface area contributed by atoms with Crippen LogP contribution < -0.4 is 10.1 Å². The summed E-state index contributed by atoms with van der Waals surface area (Å²) in [4.78, 5) is 4.27. The fraction of sp³-hybridized carbons (Fsp3) is 0.214. The zero-order chi connectivity index (χ0) is 14.7. The summed E-state index contributed by atoms with van der Waals surface area (Å²) in [6, 6.07) is 5.27. The Morgan fingerprint density at radius 3 is 2.65 bits per heavy atom. The van der Waals surface area contributed by atoms with Crippen LogP contribution in [0.2, 0.25) is 10.0 Å². The van der Waals surface area contributed by atoms with Gasteiger partial charge in [-0.1, -0.05) is 23.2 Å². The third-order valence-electron chi connectivity index (χ3n) is 2.64. The monoisotopic (exact) mass is 374 g/mol. The first-order valence-corrected chi connectivity index (χ1v) is 7.48. The largest absolute Gasteiger partial charge is 0.455 e. The van der Waals surface area contributed by atoms with Crippen molar-refractivity contribution in [1.29, 1.82) is 0 Å². The molecule has 0 aliphatic carbocycles. The van der Waals surface area contributed by atoms with Crippen LogP contribution >= 0.6 is 39.1 Å². The highest BCUT2D eigenvalue weighted by molar-refractivity contribution is 9.10. The van der Waals surface area contributed by atoms with Crippen LogP contribution in [0.15, 0.2) is 28.9 Å². The smallest absolute Gasteiger partial charge is 0.147 e. The van der Waals surface area contributed by atoms with E-state index in [9.17, 15) is 0 Å². The molecule has 1 heterocycles. The molecule has 6 heteroatoms. The molecule has 0 aliphatic heterocycles. The maximum Gasteiger partial charge on any atom is 0.147 e. The minimum atomic E-state index is 0.492. The average molecular weight is 376 g/mol. The quantitative estimate of drug-likeness (QED) is 0.766. The molecule has 0 amide bonds. The molecule has 0 fully saturated rings. The Balaban J connectivity index is 2.38. The summed E-state index contributed by atoms with van der Waals surface area (Å²) in [5.41, 5.74) is 1.83. The number of nitrogens with zero attached hydrogens (tertiary/aromatic N) is 1. The van der Waals surface area contributed by atoms with E-state index in [4.69, 9.17) is 27.9 Å². The highest BCUT2D eigenvalue weighted by atomic mass is 79.9. The molecule has 106 valence electrons. The minimum absolute atomic E-state index is 0.492. The summed E-state index contributed by atoms with van der Waals surface area (Å²) >= 11 is 15.6. The molecular weight excluding hydrogens is 363 g/mol. The Bertz CT molecular complexity index is 635. The summed E-state index contributed by atoms with van der Waals surface area (Å²) in [7, 11) is 1.87. The van der Waals surface area contributed by atoms with Gasteiger partial charge in [-0.05, 0) is 36.0 Å². The van der Waals surface area contributed by atoms with Crippen LogP contribution in [0.4, 0.5) is 0 Å². The second-order valence-electron chi connectivity index (χ2n) is 4.26. The summed E-state index contributed by atoms with van der Waals surface area (Å²) in [5.74, 6) is 1.23. The number of hydrogen-bond acceptors (Lipinski definition) is 3. The topological polar surface area (TPSA) is 34.2 Å². The molecule has 1 aromatic heterocycles. The molecule has 3 nitrogen and oxygen atoms in total. The number of rotatable bonds is 4. The number of aryl methyl sites for hydroxylation is 1. The van der Waals surface area contributed by atoms with Gasteiger partial charge in [0.1, 0.15) is 11.5 Å². The molecule has 1 aromatic carbocycles. The Hall–Kier alpha value is -0.810. The summed E-state index contributed by atoms with van der Waals surface area (Å²) in [5, 5.41) is 4.12. The summed E-state index contributed by atoms with van der Waals surface area (Å²) in [6.45, 7) is 2.57. The predicted octanol–water partition coefficient (Wildman–Crippen LogP) is 4.97. The van der Waals surface area contributed by atoms with E-state index in [0.29, 0.717) is 28.1 Å². The van der Waals surface area contributed by atoms with E-state index in [1.54, 1.807) is 18.3 Å². The third-order valence-corrected chi connectivity index (χ3v) is 4.13. The van der Waals surface area contributed by atoms with Crippen LogP contribution in [0.3, 0.4) is 0 Å². The van der Waals surface area contributed by atoms with Crippen LogP contribution in [-0.2, 0) is 6.54 Å². The van der Waals surface area contributed by atoms with E-state index in [1.165, 1.54) is 0 Å². The first kappa shape index (κ1) is 15.6. The number of hydrogen-bond donors (Lipinski definition) is 1. The van der Waals surface area contributed by atoms with Crippen molar-refractivity contribution in [2.24, 2.45) is 0 Å². The SMILES string of the molecule is CNCc1cnc(C)cc1Oc1cc(Cl)c(Br)cc1Cl. The lowest BCUT2D eigenvalue weighted by Gasteiger charge is -2.13. The van der Waals surface area contributed by atoms with Crippen LogP contribution in [0.1, 0.15) is 11.3 Å². The number of nitrogens with one attached hydrogen (secondary N) is 1. The molecule has 0 radical (unpaired) electrons. The third kappa shape index (κ3) is 3.64. The molecule has 0 unspecified atom stereocenters. The van der Waals surface area contributed by atoms with Gasteiger partial charge < -0.3 is 10.1 Å². The highest BCUT2D eigenvalue weighted by Crippen LogP contribution is 2.37. The molecule has 0 bridgehead atoms. The van der Waals surface area contributed by atoms with Crippen molar-refractivity contribution in [3.63, 3.8) is 0 Å². The van der Waals surface area contributed by atoms with E-state index in [2.05, 4.69) is 26.2 Å². The fourth-order valence-electron chi connectivity index (χ4n) is 1.68. The second kappa shape index (κ2) is 6.76. The zero-order valence-corrected chi connectivity index (χ0v) is 14.1. The van der Waals surface area contributed by atoms with Gasteiger partial charge in [0.05, 0.1) is 10.0 Å². The van der Waals surface area contributed by atoms with Gasteiger partial charge in [0, 0.05) is 40.6 Å². The second-order valence-corrected chi connectivity index (χ2v) is 5.93. The van der Waals surface area contributed by atoms with Gasteiger partial charge in [0.2, 0.25) is 0 Å². The van der Waals surface area contributed by atoms with Crippen molar-refractivity contribution in [2.45, 2.75) is 13.5 Å². The lowest BCUT2D eigenvalue weighted by molar-refractivity contribution is 0.473. The van der Waals surface area contributed by atoms with Crippen LogP contribution in [0.5, 0.6) is 11.5 Å². The molecule has 2 aromatic rings. The maximum atomic E-state index is 6.18. The molecule has 0 aliphatic rings. The molecular formula is C14H13BrCl2N2O. The average Bonchev–Trinajstić information content (AvgIpc) is 2.39. The number of halogens is 3. The number of ether oxygens (including phenoxy) is 1. The maximum absolute atomic E-state index is 6.18.